The van der Waals surface area contributed by atoms with Crippen molar-refractivity contribution >= 4 is 18.6 Å². The molecule has 11 heavy (non-hydrogen) atoms. The minimum absolute atomic E-state index is 0.124. The van der Waals surface area contributed by atoms with Gasteiger partial charge in [-0.1, -0.05) is 12.1 Å². The molecule has 1 aromatic rings. The van der Waals surface area contributed by atoms with Crippen LogP contribution in [-0.2, 0) is 4.57 Å². The molecule has 3 N–H and O–H groups in total. The van der Waals surface area contributed by atoms with Crippen LogP contribution in [0.2, 0.25) is 0 Å². The van der Waals surface area contributed by atoms with Crippen LogP contribution in [0, 0.1) is 0 Å². The minimum Gasteiger partial charge on any atom is -0.321 e. The Morgan fingerprint density at radius 2 is 1.82 bits per heavy atom. The molecule has 1 radical (unpaired) electrons. The molecule has 5 heteroatoms. The Labute approximate surface area is 63.8 Å². The predicted octanol–water partition coefficient (Wildman–Crippen LogP) is 0.404. The molecule has 0 aliphatic heterocycles. The molecule has 0 heterocycles. The van der Waals surface area contributed by atoms with E-state index in [0.29, 0.717) is 0 Å². The highest BCUT2D eigenvalue weighted by molar-refractivity contribution is 7.60. The fourth-order valence-electron chi connectivity index (χ4n) is 0.728. The topological polar surface area (TPSA) is 81.3 Å². The molecule has 0 atom stereocenters. The van der Waals surface area contributed by atoms with Gasteiger partial charge in [-0.05, 0) is 12.1 Å². The molecule has 59 valence electrons. The van der Waals surface area contributed by atoms with Gasteiger partial charge >= 0.3 is 7.60 Å². The zero-order valence-corrected chi connectivity index (χ0v) is 6.45. The summed E-state index contributed by atoms with van der Waals surface area (Å²) in [5.74, 6) is 0. The first-order valence-corrected chi connectivity index (χ1v) is 4.50. The lowest BCUT2D eigenvalue weighted by atomic mass is 10.3. The number of hydrogen-bond acceptors (Lipinski definition) is 1. The van der Waals surface area contributed by atoms with E-state index in [0.717, 1.165) is 0 Å². The molecule has 4 nitrogen and oxygen atoms in total. The summed E-state index contributed by atoms with van der Waals surface area (Å²) in [6, 6.07) is 5.64. The number of nitrogens with one attached hydrogen (secondary N) is 1. The smallest absolute Gasteiger partial charge is 0.321 e. The third-order valence-corrected chi connectivity index (χ3v) is 2.24. The molecule has 0 amide bonds. The molecule has 0 saturated heterocycles. The fourth-order valence-corrected chi connectivity index (χ4v) is 1.40. The van der Waals surface area contributed by atoms with E-state index in [1.54, 1.807) is 6.07 Å². The van der Waals surface area contributed by atoms with Crippen molar-refractivity contribution in [1.82, 2.24) is 5.73 Å². The van der Waals surface area contributed by atoms with Crippen molar-refractivity contribution in [2.24, 2.45) is 0 Å². The predicted molar refractivity (Wildman–Crippen MR) is 40.9 cm³/mol. The van der Waals surface area contributed by atoms with Crippen molar-refractivity contribution in [3.8, 4) is 0 Å². The summed E-state index contributed by atoms with van der Waals surface area (Å²) in [6.45, 7) is 0. The van der Waals surface area contributed by atoms with Gasteiger partial charge in [-0.25, -0.2) is 0 Å². The van der Waals surface area contributed by atoms with E-state index in [1.165, 1.54) is 18.2 Å². The molecular formula is C6H7NO3P. The van der Waals surface area contributed by atoms with Crippen molar-refractivity contribution in [1.29, 1.82) is 0 Å². The van der Waals surface area contributed by atoms with E-state index >= 15 is 0 Å². The summed E-state index contributed by atoms with van der Waals surface area (Å²) in [4.78, 5) is 17.3. The summed E-state index contributed by atoms with van der Waals surface area (Å²) in [7, 11) is -4.24. The summed E-state index contributed by atoms with van der Waals surface area (Å²) < 4.78 is 10.6. The quantitative estimate of drug-likeness (QED) is 0.601. The number of rotatable bonds is 1. The maximum Gasteiger partial charge on any atom is 0.358 e. The molecule has 0 aromatic heterocycles. The summed E-state index contributed by atoms with van der Waals surface area (Å²) in [5.41, 5.74) is 7.01. The fraction of sp³-hybridized carbons (Fsp3) is 0. The molecule has 1 rings (SSSR count). The first kappa shape index (κ1) is 8.27. The maximum absolute atomic E-state index is 10.6. The minimum atomic E-state index is -4.24. The van der Waals surface area contributed by atoms with E-state index in [2.05, 4.69) is 0 Å². The van der Waals surface area contributed by atoms with Gasteiger partial charge in [-0.2, -0.15) is 0 Å². The molecular weight excluding hydrogens is 165 g/mol. The molecule has 0 spiro atoms. The zero-order chi connectivity index (χ0) is 8.48. The van der Waals surface area contributed by atoms with Crippen LogP contribution in [0.1, 0.15) is 0 Å². The monoisotopic (exact) mass is 172 g/mol. The highest BCUT2D eigenvalue weighted by Gasteiger charge is 2.19. The normalized spacial score (nSPS) is 11.5. The summed E-state index contributed by atoms with van der Waals surface area (Å²) in [6.07, 6.45) is 0. The van der Waals surface area contributed by atoms with Gasteiger partial charge in [-0.15, -0.1) is 0 Å². The van der Waals surface area contributed by atoms with Gasteiger partial charge in [0.15, 0.2) is 0 Å². The molecule has 0 unspecified atom stereocenters. The van der Waals surface area contributed by atoms with Gasteiger partial charge in [-0.3, -0.25) is 10.3 Å². The van der Waals surface area contributed by atoms with Crippen molar-refractivity contribution < 1.29 is 14.4 Å². The van der Waals surface area contributed by atoms with Crippen molar-refractivity contribution in [3.05, 3.63) is 24.3 Å². The molecule has 0 saturated carbocycles. The Bertz CT molecular complexity index is 306. The van der Waals surface area contributed by atoms with Crippen LogP contribution >= 0.6 is 7.60 Å². The average molecular weight is 172 g/mol. The van der Waals surface area contributed by atoms with E-state index in [4.69, 9.17) is 15.5 Å². The van der Waals surface area contributed by atoms with Crippen LogP contribution in [0.3, 0.4) is 0 Å². The van der Waals surface area contributed by atoms with Crippen molar-refractivity contribution in [2.75, 3.05) is 0 Å². The Morgan fingerprint density at radius 1 is 1.27 bits per heavy atom. The van der Waals surface area contributed by atoms with Gasteiger partial charge in [0.05, 0.1) is 11.0 Å². The second-order valence-corrected chi connectivity index (χ2v) is 3.63. The van der Waals surface area contributed by atoms with Gasteiger partial charge in [0.2, 0.25) is 0 Å². The highest BCUT2D eigenvalue weighted by atomic mass is 31.2. The van der Waals surface area contributed by atoms with Crippen LogP contribution in [0.25, 0.3) is 0 Å². The largest absolute Gasteiger partial charge is 0.358 e. The van der Waals surface area contributed by atoms with Crippen molar-refractivity contribution in [3.63, 3.8) is 0 Å². The third kappa shape index (κ3) is 1.80. The Kier molecular flexibility index (Phi) is 2.00. The lowest BCUT2D eigenvalue weighted by Crippen LogP contribution is -2.04. The summed E-state index contributed by atoms with van der Waals surface area (Å²) >= 11 is 0. The lowest BCUT2D eigenvalue weighted by molar-refractivity contribution is 0.387. The second kappa shape index (κ2) is 2.66. The summed E-state index contributed by atoms with van der Waals surface area (Å²) in [5, 5.41) is -0.222. The van der Waals surface area contributed by atoms with Gasteiger partial charge < -0.3 is 9.79 Å². The van der Waals surface area contributed by atoms with Gasteiger partial charge in [0.1, 0.15) is 0 Å². The third-order valence-electron chi connectivity index (χ3n) is 1.22. The lowest BCUT2D eigenvalue weighted by Gasteiger charge is -2.04. The second-order valence-electron chi connectivity index (χ2n) is 2.06. The molecule has 0 aliphatic rings. The SMILES string of the molecule is [NH]c1ccccc1P(=O)(O)O. The van der Waals surface area contributed by atoms with E-state index in [1.807, 2.05) is 0 Å². The first-order chi connectivity index (χ1) is 5.02. The van der Waals surface area contributed by atoms with Crippen molar-refractivity contribution in [2.45, 2.75) is 0 Å². The molecule has 0 fully saturated rings. The molecule has 0 aliphatic carbocycles. The number of benzene rings is 1. The Hall–Kier alpha value is -0.830. The van der Waals surface area contributed by atoms with Crippen LogP contribution in [0.15, 0.2) is 24.3 Å². The maximum atomic E-state index is 10.6. The van der Waals surface area contributed by atoms with Crippen LogP contribution in [-0.4, -0.2) is 9.79 Å². The zero-order valence-electron chi connectivity index (χ0n) is 5.56. The molecule has 0 bridgehead atoms. The Balaban J connectivity index is 3.25. The first-order valence-electron chi connectivity index (χ1n) is 2.88. The van der Waals surface area contributed by atoms with E-state index < -0.39 is 7.60 Å². The van der Waals surface area contributed by atoms with Crippen LogP contribution < -0.4 is 11.0 Å². The highest BCUT2D eigenvalue weighted by Crippen LogP contribution is 2.35. The van der Waals surface area contributed by atoms with Gasteiger partial charge in [0.25, 0.3) is 0 Å². The van der Waals surface area contributed by atoms with E-state index in [-0.39, 0.29) is 11.0 Å². The van der Waals surface area contributed by atoms with Gasteiger partial charge in [0, 0.05) is 0 Å². The van der Waals surface area contributed by atoms with E-state index in [9.17, 15) is 4.57 Å². The standard InChI is InChI=1S/C6H7NO3P/c7-5-3-1-2-4-6(5)11(8,9)10/h1-4,7H,(H2,8,9,10). The molecule has 1 aromatic carbocycles. The number of hydrogen-bond donors (Lipinski definition) is 2. The average Bonchev–Trinajstić information content (AvgIpc) is 1.86. The van der Waals surface area contributed by atoms with Crippen LogP contribution in [0.5, 0.6) is 0 Å². The Morgan fingerprint density at radius 3 is 2.18 bits per heavy atom. The van der Waals surface area contributed by atoms with Crippen LogP contribution in [0.4, 0.5) is 5.69 Å².